The van der Waals surface area contributed by atoms with Crippen LogP contribution in [-0.4, -0.2) is 24.1 Å². The second kappa shape index (κ2) is 23.2. The van der Waals surface area contributed by atoms with E-state index in [1.165, 1.54) is 15.5 Å². The van der Waals surface area contributed by atoms with Gasteiger partial charge in [-0.15, -0.1) is 11.3 Å². The minimum absolute atomic E-state index is 0.385. The van der Waals surface area contributed by atoms with Crippen molar-refractivity contribution in [2.24, 2.45) is 0 Å². The summed E-state index contributed by atoms with van der Waals surface area (Å²) in [6.07, 6.45) is 0. The Hall–Kier alpha value is -13.8. The minimum atomic E-state index is 0.385. The van der Waals surface area contributed by atoms with Crippen LogP contribution in [0.5, 0.6) is 0 Å². The van der Waals surface area contributed by atoms with Crippen molar-refractivity contribution in [3.63, 3.8) is 0 Å². The lowest BCUT2D eigenvalue weighted by molar-refractivity contribution is 0.672. The standard InChI is InChI=1S/C94H54N6O2S/c1-95-76-55-75(94-97-92(61-32-18-7-19-33-61)96-93(98-94)66-36-41-68-67-34-20-21-35-83(67)103-84(68)54-66)88(99-77-44-37-62(56-22-8-2-9-23-56)52-73(77)86-79(99)46-42-69-71-50-64(58-26-12-4-13-27-58)39-48-81(71)101-90(69)86)89(85(76)60-30-16-6-17-31-60)100-78-45-38-63(57-24-10-3-11-25-57)53-74(78)87-80(100)47-43-70-72-51-65(59-28-14-5-15-29-59)40-49-82(72)102-91(70)87/h2-55H. The highest BCUT2D eigenvalue weighted by Gasteiger charge is 2.32. The van der Waals surface area contributed by atoms with Gasteiger partial charge in [-0.3, -0.25) is 0 Å². The Morgan fingerprint density at radius 1 is 0.282 bits per heavy atom. The molecule has 0 amide bonds. The largest absolute Gasteiger partial charge is 0.455 e. The molecule has 6 aromatic heterocycles. The van der Waals surface area contributed by atoms with Crippen LogP contribution < -0.4 is 0 Å². The van der Waals surface area contributed by atoms with E-state index in [1.807, 2.05) is 30.3 Å². The monoisotopic (exact) mass is 1330 g/mol. The number of fused-ring (bicyclic) bond motifs is 17. The molecule has 15 aromatic carbocycles. The summed E-state index contributed by atoms with van der Waals surface area (Å²) in [5.41, 5.74) is 21.1. The highest BCUT2D eigenvalue weighted by molar-refractivity contribution is 7.25. The molecule has 0 aliphatic rings. The van der Waals surface area contributed by atoms with E-state index >= 15 is 0 Å². The van der Waals surface area contributed by atoms with Crippen LogP contribution in [-0.2, 0) is 0 Å². The predicted molar refractivity (Wildman–Crippen MR) is 426 cm³/mol. The first kappa shape index (κ1) is 58.2. The number of furan rings is 2. The fourth-order valence-electron chi connectivity index (χ4n) is 15.8. The third-order valence-electron chi connectivity index (χ3n) is 20.6. The van der Waals surface area contributed by atoms with Crippen LogP contribution in [0.4, 0.5) is 5.69 Å². The van der Waals surface area contributed by atoms with Crippen LogP contribution in [0.3, 0.4) is 0 Å². The quantitative estimate of drug-likeness (QED) is 0.128. The third kappa shape index (κ3) is 9.25. The van der Waals surface area contributed by atoms with Crippen LogP contribution in [0.1, 0.15) is 0 Å². The van der Waals surface area contributed by atoms with Gasteiger partial charge in [0.15, 0.2) is 23.2 Å². The normalized spacial score (nSPS) is 11.9. The number of benzene rings is 15. The average molecular weight is 1330 g/mol. The zero-order valence-corrected chi connectivity index (χ0v) is 55.9. The molecule has 0 saturated carbocycles. The molecule has 8 nitrogen and oxygen atoms in total. The van der Waals surface area contributed by atoms with Gasteiger partial charge >= 0.3 is 0 Å². The molecule has 0 aliphatic carbocycles. The summed E-state index contributed by atoms with van der Waals surface area (Å²) in [6.45, 7) is 9.65. The van der Waals surface area contributed by atoms with Gasteiger partial charge in [0.2, 0.25) is 0 Å². The van der Waals surface area contributed by atoms with Crippen molar-refractivity contribution in [2.75, 3.05) is 0 Å². The van der Waals surface area contributed by atoms with Gasteiger partial charge < -0.3 is 18.0 Å². The molecule has 9 heteroatoms. The van der Waals surface area contributed by atoms with E-state index in [0.29, 0.717) is 28.7 Å². The number of nitrogens with zero attached hydrogens (tertiary/aromatic N) is 6. The molecule has 478 valence electrons. The summed E-state index contributed by atoms with van der Waals surface area (Å²) in [5, 5.41) is 10.2. The molecule has 0 saturated heterocycles. The Kier molecular flexibility index (Phi) is 13.1. The first-order valence-electron chi connectivity index (χ1n) is 34.5. The van der Waals surface area contributed by atoms with Crippen molar-refractivity contribution in [1.82, 2.24) is 24.1 Å². The van der Waals surface area contributed by atoms with Crippen molar-refractivity contribution in [2.45, 2.75) is 0 Å². The van der Waals surface area contributed by atoms with E-state index in [2.05, 4.69) is 311 Å². The zero-order valence-electron chi connectivity index (χ0n) is 55.1. The Bertz CT molecular complexity index is 7090. The molecule has 0 unspecified atom stereocenters. The summed E-state index contributed by atoms with van der Waals surface area (Å²) in [6, 6.07) is 115. The lowest BCUT2D eigenvalue weighted by atomic mass is 9.95. The van der Waals surface area contributed by atoms with Gasteiger partial charge in [0, 0.05) is 74.7 Å². The highest BCUT2D eigenvalue weighted by atomic mass is 32.1. The smallest absolute Gasteiger partial charge is 0.197 e. The Morgan fingerprint density at radius 3 is 1.17 bits per heavy atom. The maximum Gasteiger partial charge on any atom is 0.197 e. The molecule has 6 heterocycles. The summed E-state index contributed by atoms with van der Waals surface area (Å²) < 4.78 is 21.8. The van der Waals surface area contributed by atoms with Gasteiger partial charge in [-0.05, 0) is 141 Å². The van der Waals surface area contributed by atoms with Crippen molar-refractivity contribution in [3.05, 3.63) is 339 Å². The fourth-order valence-corrected chi connectivity index (χ4v) is 17.0. The van der Waals surface area contributed by atoms with Crippen molar-refractivity contribution >= 4 is 125 Å². The van der Waals surface area contributed by atoms with E-state index in [4.69, 9.17) is 23.8 Å². The molecule has 21 aromatic rings. The van der Waals surface area contributed by atoms with E-state index < -0.39 is 0 Å². The number of hydrogen-bond donors (Lipinski definition) is 0. The summed E-state index contributed by atoms with van der Waals surface area (Å²) in [7, 11) is 0. The van der Waals surface area contributed by atoms with Gasteiger partial charge in [-0.25, -0.2) is 19.8 Å². The molecular formula is C94H54N6O2S. The SMILES string of the molecule is [C-]#[N+]c1cc(-c2nc(-c3ccccc3)nc(-c3ccc4c(c3)sc3ccccc34)n2)c(-n2c3ccc(-c4ccccc4)cc3c3c4oc5ccc(-c6ccccc6)cc5c4ccc32)c(-n2c3ccc(-c4ccccc4)cc3c3c4oc5ccc(-c6ccccc6)cc5c4ccc32)c1-c1ccccc1. The molecule has 103 heavy (non-hydrogen) atoms. The third-order valence-corrected chi connectivity index (χ3v) is 21.7. The molecule has 21 rings (SSSR count). The number of hydrogen-bond acceptors (Lipinski definition) is 6. The maximum atomic E-state index is 9.65. The van der Waals surface area contributed by atoms with E-state index in [1.54, 1.807) is 11.3 Å². The highest BCUT2D eigenvalue weighted by Crippen LogP contribution is 2.53. The van der Waals surface area contributed by atoms with Gasteiger partial charge in [-0.2, -0.15) is 0 Å². The topological polar surface area (TPSA) is 79.2 Å². The maximum absolute atomic E-state index is 9.65. The first-order chi connectivity index (χ1) is 51.0. The lowest BCUT2D eigenvalue weighted by Crippen LogP contribution is -2.10. The second-order valence-electron chi connectivity index (χ2n) is 26.4. The summed E-state index contributed by atoms with van der Waals surface area (Å²) >= 11 is 1.76. The van der Waals surface area contributed by atoms with Crippen molar-refractivity contribution in [3.8, 4) is 101 Å². The molecular weight excluding hydrogens is 1280 g/mol. The van der Waals surface area contributed by atoms with Gasteiger partial charge in [0.25, 0.3) is 0 Å². The summed E-state index contributed by atoms with van der Waals surface area (Å²) in [5.74, 6) is 1.37. The molecule has 0 radical (unpaired) electrons. The van der Waals surface area contributed by atoms with E-state index in [-0.39, 0.29) is 0 Å². The molecule has 0 bridgehead atoms. The predicted octanol–water partition coefficient (Wildman–Crippen LogP) is 26.1. The average Bonchev–Trinajstić information content (AvgIpc) is 1.56. The Balaban J connectivity index is 0.951. The minimum Gasteiger partial charge on any atom is -0.455 e. The summed E-state index contributed by atoms with van der Waals surface area (Å²) in [4.78, 5) is 21.5. The lowest BCUT2D eigenvalue weighted by Gasteiger charge is -2.25. The number of rotatable bonds is 10. The number of thiophene rings is 1. The Morgan fingerprint density at radius 2 is 0.670 bits per heavy atom. The van der Waals surface area contributed by atoms with Crippen LogP contribution in [0.25, 0.3) is 214 Å². The van der Waals surface area contributed by atoms with Crippen LogP contribution in [0.15, 0.2) is 336 Å². The van der Waals surface area contributed by atoms with Crippen LogP contribution >= 0.6 is 11.3 Å². The molecule has 0 atom stereocenters. The zero-order chi connectivity index (χ0) is 67.8. The molecule has 0 fully saturated rings. The van der Waals surface area contributed by atoms with E-state index in [0.717, 1.165) is 170 Å². The second-order valence-corrected chi connectivity index (χ2v) is 27.5. The van der Waals surface area contributed by atoms with Crippen molar-refractivity contribution in [1.29, 1.82) is 0 Å². The molecule has 0 N–H and O–H groups in total. The van der Waals surface area contributed by atoms with Crippen molar-refractivity contribution < 1.29 is 8.83 Å². The van der Waals surface area contributed by atoms with E-state index in [9.17, 15) is 6.57 Å². The van der Waals surface area contributed by atoms with Crippen LogP contribution in [0.2, 0.25) is 0 Å². The van der Waals surface area contributed by atoms with Gasteiger partial charge in [0.05, 0.1) is 50.8 Å². The van der Waals surface area contributed by atoms with Gasteiger partial charge in [-0.1, -0.05) is 237 Å². The van der Waals surface area contributed by atoms with Crippen LogP contribution in [0, 0.1) is 6.57 Å². The molecule has 0 spiro atoms. The fraction of sp³-hybridized carbons (Fsp3) is 0. The number of aromatic nitrogens is 5. The van der Waals surface area contributed by atoms with Gasteiger partial charge in [0.1, 0.15) is 22.3 Å². The first-order valence-corrected chi connectivity index (χ1v) is 35.3. The molecule has 0 aliphatic heterocycles. The Labute approximate surface area is 594 Å².